The molecule has 0 radical (unpaired) electrons. The van der Waals surface area contributed by atoms with Crippen molar-refractivity contribution in [1.29, 1.82) is 0 Å². The Bertz CT molecular complexity index is 1030. The summed E-state index contributed by atoms with van der Waals surface area (Å²) in [5, 5.41) is 0.670. The van der Waals surface area contributed by atoms with Crippen LogP contribution >= 0.6 is 11.6 Å². The highest BCUT2D eigenvalue weighted by Crippen LogP contribution is 2.26. The lowest BCUT2D eigenvalue weighted by Gasteiger charge is -2.08. The van der Waals surface area contributed by atoms with Crippen LogP contribution in [0.3, 0.4) is 0 Å². The summed E-state index contributed by atoms with van der Waals surface area (Å²) in [7, 11) is 1.68. The number of methoxy groups -OCH3 is 1. The largest absolute Gasteiger partial charge is 0.383 e. The normalized spacial score (nSPS) is 11.4. The van der Waals surface area contributed by atoms with Gasteiger partial charge >= 0.3 is 0 Å². The first-order chi connectivity index (χ1) is 11.8. The minimum Gasteiger partial charge on any atom is -0.383 e. The fourth-order valence-electron chi connectivity index (χ4n) is 2.74. The molecule has 0 spiro atoms. The SMILES string of the molecule is COCCn1c(-c2cccc(Cl)c2)nc2nc3ccccc3nc21. The molecule has 0 unspecified atom stereocenters. The van der Waals surface area contributed by atoms with Crippen LogP contribution in [0.15, 0.2) is 48.5 Å². The van der Waals surface area contributed by atoms with Gasteiger partial charge in [0.15, 0.2) is 11.3 Å². The van der Waals surface area contributed by atoms with Crippen LogP contribution in [-0.4, -0.2) is 33.2 Å². The van der Waals surface area contributed by atoms with Crippen molar-refractivity contribution in [1.82, 2.24) is 19.5 Å². The number of aromatic nitrogens is 4. The van der Waals surface area contributed by atoms with Crippen molar-refractivity contribution in [3.63, 3.8) is 0 Å². The lowest BCUT2D eigenvalue weighted by atomic mass is 10.2. The summed E-state index contributed by atoms with van der Waals surface area (Å²) in [6.07, 6.45) is 0. The van der Waals surface area contributed by atoms with Gasteiger partial charge in [-0.1, -0.05) is 35.9 Å². The van der Waals surface area contributed by atoms with Crippen LogP contribution in [-0.2, 0) is 11.3 Å². The number of rotatable bonds is 4. The van der Waals surface area contributed by atoms with E-state index in [1.54, 1.807) is 7.11 Å². The number of ether oxygens (including phenoxy) is 1. The topological polar surface area (TPSA) is 52.8 Å². The average Bonchev–Trinajstić information content (AvgIpc) is 2.95. The van der Waals surface area contributed by atoms with E-state index in [2.05, 4.69) is 4.98 Å². The van der Waals surface area contributed by atoms with Crippen molar-refractivity contribution in [3.05, 3.63) is 53.6 Å². The smallest absolute Gasteiger partial charge is 0.198 e. The third kappa shape index (κ3) is 2.62. The van der Waals surface area contributed by atoms with E-state index >= 15 is 0 Å². The number of imidazole rings is 1. The van der Waals surface area contributed by atoms with E-state index in [1.807, 2.05) is 53.1 Å². The summed E-state index contributed by atoms with van der Waals surface area (Å²) in [5.74, 6) is 0.792. The Balaban J connectivity index is 1.98. The van der Waals surface area contributed by atoms with Crippen molar-refractivity contribution in [2.75, 3.05) is 13.7 Å². The van der Waals surface area contributed by atoms with Gasteiger partial charge in [0.25, 0.3) is 0 Å². The van der Waals surface area contributed by atoms with Crippen LogP contribution in [0.5, 0.6) is 0 Å². The Labute approximate surface area is 143 Å². The first-order valence-corrected chi connectivity index (χ1v) is 8.02. The van der Waals surface area contributed by atoms with Crippen LogP contribution in [0.1, 0.15) is 0 Å². The molecule has 2 heterocycles. The fraction of sp³-hybridized carbons (Fsp3) is 0.167. The summed E-state index contributed by atoms with van der Waals surface area (Å²) in [5.41, 5.74) is 3.99. The molecule has 0 bridgehead atoms. The molecule has 120 valence electrons. The second-order valence-corrected chi connectivity index (χ2v) is 5.89. The second kappa shape index (κ2) is 6.19. The van der Waals surface area contributed by atoms with Crippen molar-refractivity contribution in [2.45, 2.75) is 6.54 Å². The van der Waals surface area contributed by atoms with Crippen LogP contribution < -0.4 is 0 Å². The molecule has 0 saturated carbocycles. The van der Waals surface area contributed by atoms with Crippen molar-refractivity contribution < 1.29 is 4.74 Å². The van der Waals surface area contributed by atoms with Crippen LogP contribution in [0.2, 0.25) is 5.02 Å². The molecule has 0 atom stereocenters. The number of hydrogen-bond acceptors (Lipinski definition) is 4. The minimum atomic E-state index is 0.563. The van der Waals surface area contributed by atoms with Gasteiger partial charge in [0, 0.05) is 24.2 Å². The zero-order valence-electron chi connectivity index (χ0n) is 13.1. The molecule has 2 aromatic carbocycles. The molecule has 5 nitrogen and oxygen atoms in total. The predicted octanol–water partition coefficient (Wildman–Crippen LogP) is 3.95. The molecule has 0 N–H and O–H groups in total. The zero-order valence-corrected chi connectivity index (χ0v) is 13.9. The predicted molar refractivity (Wildman–Crippen MR) is 95.2 cm³/mol. The van der Waals surface area contributed by atoms with E-state index in [0.29, 0.717) is 23.8 Å². The molecular weight excluding hydrogens is 324 g/mol. The highest BCUT2D eigenvalue weighted by atomic mass is 35.5. The monoisotopic (exact) mass is 338 g/mol. The zero-order chi connectivity index (χ0) is 16.5. The molecule has 24 heavy (non-hydrogen) atoms. The quantitative estimate of drug-likeness (QED) is 0.565. The molecule has 0 amide bonds. The van der Waals surface area contributed by atoms with Crippen molar-refractivity contribution in [3.8, 4) is 11.4 Å². The molecule has 2 aromatic heterocycles. The van der Waals surface area contributed by atoms with E-state index in [0.717, 1.165) is 28.1 Å². The first kappa shape index (κ1) is 15.1. The summed E-state index contributed by atoms with van der Waals surface area (Å²) < 4.78 is 7.27. The number of halogens is 1. The number of nitrogens with zero attached hydrogens (tertiary/aromatic N) is 4. The second-order valence-electron chi connectivity index (χ2n) is 5.45. The van der Waals surface area contributed by atoms with Crippen LogP contribution in [0, 0.1) is 0 Å². The molecule has 6 heteroatoms. The van der Waals surface area contributed by atoms with Gasteiger partial charge in [-0.3, -0.25) is 0 Å². The molecular formula is C18H15ClN4O. The maximum Gasteiger partial charge on any atom is 0.198 e. The molecule has 0 aliphatic rings. The summed E-state index contributed by atoms with van der Waals surface area (Å²) in [6, 6.07) is 15.4. The summed E-state index contributed by atoms with van der Waals surface area (Å²) in [6.45, 7) is 1.20. The Morgan fingerprint density at radius 3 is 2.54 bits per heavy atom. The summed E-state index contributed by atoms with van der Waals surface area (Å²) >= 11 is 6.14. The van der Waals surface area contributed by atoms with E-state index in [1.165, 1.54) is 0 Å². The van der Waals surface area contributed by atoms with Crippen molar-refractivity contribution >= 4 is 33.9 Å². The molecule has 4 aromatic rings. The molecule has 0 fully saturated rings. The van der Waals surface area contributed by atoms with Gasteiger partial charge in [0.2, 0.25) is 0 Å². The van der Waals surface area contributed by atoms with Gasteiger partial charge < -0.3 is 9.30 Å². The standard InChI is InChI=1S/C18H15ClN4O/c1-24-10-9-23-17(12-5-4-6-13(19)11-12)22-16-18(23)21-15-8-3-2-7-14(15)20-16/h2-8,11H,9-10H2,1H3. The van der Waals surface area contributed by atoms with Gasteiger partial charge in [-0.25, -0.2) is 15.0 Å². The number of fused-ring (bicyclic) bond motifs is 2. The van der Waals surface area contributed by atoms with Crippen LogP contribution in [0.25, 0.3) is 33.7 Å². The summed E-state index contributed by atoms with van der Waals surface area (Å²) in [4.78, 5) is 14.1. The van der Waals surface area contributed by atoms with Crippen molar-refractivity contribution in [2.24, 2.45) is 0 Å². The minimum absolute atomic E-state index is 0.563. The molecule has 0 aliphatic heterocycles. The molecule has 0 aliphatic carbocycles. The maximum absolute atomic E-state index is 6.14. The van der Waals surface area contributed by atoms with Gasteiger partial charge in [-0.15, -0.1) is 0 Å². The van der Waals surface area contributed by atoms with Gasteiger partial charge in [0.05, 0.1) is 17.6 Å². The fourth-order valence-corrected chi connectivity index (χ4v) is 2.93. The Kier molecular flexibility index (Phi) is 3.88. The Morgan fingerprint density at radius 2 is 1.79 bits per heavy atom. The van der Waals surface area contributed by atoms with Gasteiger partial charge in [-0.2, -0.15) is 0 Å². The van der Waals surface area contributed by atoms with E-state index < -0.39 is 0 Å². The third-order valence-corrected chi connectivity index (χ3v) is 4.09. The highest BCUT2D eigenvalue weighted by Gasteiger charge is 2.16. The lowest BCUT2D eigenvalue weighted by molar-refractivity contribution is 0.188. The Hall–Kier alpha value is -2.50. The van der Waals surface area contributed by atoms with E-state index in [4.69, 9.17) is 26.3 Å². The lowest BCUT2D eigenvalue weighted by Crippen LogP contribution is -2.07. The average molecular weight is 339 g/mol. The van der Waals surface area contributed by atoms with Gasteiger partial charge in [0.1, 0.15) is 5.82 Å². The van der Waals surface area contributed by atoms with Crippen LogP contribution in [0.4, 0.5) is 0 Å². The molecule has 4 rings (SSSR count). The Morgan fingerprint density at radius 1 is 1.00 bits per heavy atom. The first-order valence-electron chi connectivity index (χ1n) is 7.64. The number of para-hydroxylation sites is 2. The third-order valence-electron chi connectivity index (χ3n) is 3.86. The van der Waals surface area contributed by atoms with Gasteiger partial charge in [-0.05, 0) is 24.3 Å². The van der Waals surface area contributed by atoms with E-state index in [-0.39, 0.29) is 0 Å². The maximum atomic E-state index is 6.14. The number of benzene rings is 2. The number of hydrogen-bond donors (Lipinski definition) is 0. The molecule has 0 saturated heterocycles. The highest BCUT2D eigenvalue weighted by molar-refractivity contribution is 6.30. The van der Waals surface area contributed by atoms with E-state index in [9.17, 15) is 0 Å².